The minimum atomic E-state index is -1.68. The summed E-state index contributed by atoms with van der Waals surface area (Å²) in [6.45, 7) is 2.49. The maximum atomic E-state index is 13.6. The Bertz CT molecular complexity index is 1670. The molecule has 1 heterocycles. The Morgan fingerprint density at radius 1 is 1.13 bits per heavy atom. The number of aromatic hydroxyl groups is 1. The number of ether oxygens (including phenoxy) is 2. The Labute approximate surface area is 221 Å². The number of phenolic OH excluding ortho intramolecular Hbond substituents is 1. The van der Waals surface area contributed by atoms with Crippen LogP contribution in [0.1, 0.15) is 45.7 Å². The van der Waals surface area contributed by atoms with Crippen LogP contribution in [0.25, 0.3) is 10.8 Å². The van der Waals surface area contributed by atoms with Crippen molar-refractivity contribution in [2.45, 2.75) is 25.8 Å². The van der Waals surface area contributed by atoms with E-state index < -0.39 is 46.3 Å². The molecule has 2 aliphatic rings. The van der Waals surface area contributed by atoms with Gasteiger partial charge in [0.25, 0.3) is 5.91 Å². The summed E-state index contributed by atoms with van der Waals surface area (Å²) < 4.78 is 11.2. The van der Waals surface area contributed by atoms with Crippen LogP contribution in [0.3, 0.4) is 0 Å². The number of aromatic carboxylic acids is 1. The molecule has 10 heteroatoms. The number of amides is 1. The lowest BCUT2D eigenvalue weighted by molar-refractivity contribution is -0.140. The van der Waals surface area contributed by atoms with Crippen molar-refractivity contribution >= 4 is 40.0 Å². The Hall–Kier alpha value is -4.99. The number of benzene rings is 3. The quantitative estimate of drug-likeness (QED) is 0.408. The average Bonchev–Trinajstić information content (AvgIpc) is 3.19. The van der Waals surface area contributed by atoms with E-state index in [4.69, 9.17) is 9.47 Å². The molecule has 0 radical (unpaired) electrons. The highest BCUT2D eigenvalue weighted by Gasteiger charge is 2.58. The smallest absolute Gasteiger partial charge is 0.335 e. The highest BCUT2D eigenvalue weighted by Crippen LogP contribution is 2.56. The van der Waals surface area contributed by atoms with Crippen LogP contribution in [-0.2, 0) is 26.3 Å². The summed E-state index contributed by atoms with van der Waals surface area (Å²) in [5, 5.41) is 24.6. The Morgan fingerprint density at radius 3 is 2.51 bits per heavy atom. The van der Waals surface area contributed by atoms with Crippen LogP contribution in [-0.4, -0.2) is 46.5 Å². The van der Waals surface area contributed by atoms with Gasteiger partial charge < -0.3 is 25.0 Å². The van der Waals surface area contributed by atoms with E-state index in [1.54, 1.807) is 24.3 Å². The largest absolute Gasteiger partial charge is 0.507 e. The first-order valence-electron chi connectivity index (χ1n) is 11.9. The maximum absolute atomic E-state index is 13.6. The number of fused-ring (bicyclic) bond motifs is 4. The number of hydrogen-bond donors (Lipinski definition) is 3. The lowest BCUT2D eigenvalue weighted by atomic mass is 9.67. The lowest BCUT2D eigenvalue weighted by Gasteiger charge is -2.30. The van der Waals surface area contributed by atoms with E-state index in [1.165, 1.54) is 26.2 Å². The number of nitrogens with one attached hydrogen (secondary N) is 1. The third-order valence-corrected chi connectivity index (χ3v) is 7.23. The van der Waals surface area contributed by atoms with E-state index in [0.717, 1.165) is 24.5 Å². The number of hydrogen-bond acceptors (Lipinski definition) is 8. The van der Waals surface area contributed by atoms with Crippen molar-refractivity contribution in [2.75, 3.05) is 7.11 Å². The second-order valence-electron chi connectivity index (χ2n) is 9.57. The number of allylic oxidation sites excluding steroid dienone is 2. The van der Waals surface area contributed by atoms with E-state index in [2.05, 4.69) is 5.32 Å². The van der Waals surface area contributed by atoms with Crippen molar-refractivity contribution in [3.05, 3.63) is 76.6 Å². The number of carbonyl (C=O) groups excluding carboxylic acids is 4. The summed E-state index contributed by atoms with van der Waals surface area (Å²) in [6.07, 6.45) is 1.05. The second-order valence-corrected chi connectivity index (χ2v) is 9.57. The highest BCUT2D eigenvalue weighted by molar-refractivity contribution is 6.27. The fourth-order valence-electron chi connectivity index (χ4n) is 5.28. The SMILES string of the molecule is COc1cc(O)c2c(c1C(=O)NCc1cc(C(=O)O)cc3ccccc13)OC1=CC(=O)C(C(C)=O)C(=O)[C@]12C. The predicted octanol–water partition coefficient (Wildman–Crippen LogP) is 3.07. The van der Waals surface area contributed by atoms with E-state index >= 15 is 0 Å². The molecule has 10 nitrogen and oxygen atoms in total. The van der Waals surface area contributed by atoms with Gasteiger partial charge in [-0.1, -0.05) is 24.3 Å². The van der Waals surface area contributed by atoms with Crippen molar-refractivity contribution in [3.8, 4) is 17.2 Å². The van der Waals surface area contributed by atoms with Crippen LogP contribution in [0.5, 0.6) is 17.2 Å². The number of rotatable bonds is 6. The number of ketones is 3. The normalized spacial score (nSPS) is 19.6. The van der Waals surface area contributed by atoms with Crippen molar-refractivity contribution in [1.29, 1.82) is 0 Å². The molecule has 2 atom stereocenters. The van der Waals surface area contributed by atoms with Gasteiger partial charge in [0.1, 0.15) is 39.9 Å². The molecule has 198 valence electrons. The molecule has 0 aromatic heterocycles. The molecule has 0 fully saturated rings. The van der Waals surface area contributed by atoms with Gasteiger partial charge in [-0.2, -0.15) is 0 Å². The van der Waals surface area contributed by atoms with E-state index in [1.807, 2.05) is 0 Å². The molecule has 1 amide bonds. The zero-order valence-corrected chi connectivity index (χ0v) is 21.2. The van der Waals surface area contributed by atoms with E-state index in [0.29, 0.717) is 10.9 Å². The summed E-state index contributed by atoms with van der Waals surface area (Å²) in [4.78, 5) is 63.3. The van der Waals surface area contributed by atoms with Crippen LogP contribution in [0.2, 0.25) is 0 Å². The van der Waals surface area contributed by atoms with Crippen LogP contribution >= 0.6 is 0 Å². The highest BCUT2D eigenvalue weighted by atomic mass is 16.5. The van der Waals surface area contributed by atoms with Crippen LogP contribution in [0.4, 0.5) is 0 Å². The molecule has 5 rings (SSSR count). The van der Waals surface area contributed by atoms with Gasteiger partial charge >= 0.3 is 5.97 Å². The van der Waals surface area contributed by atoms with Gasteiger partial charge in [0.2, 0.25) is 0 Å². The van der Waals surface area contributed by atoms with Gasteiger partial charge in [-0.25, -0.2) is 4.79 Å². The zero-order chi connectivity index (χ0) is 28.2. The monoisotopic (exact) mass is 529 g/mol. The van der Waals surface area contributed by atoms with Crippen LogP contribution in [0, 0.1) is 5.92 Å². The Kier molecular flexibility index (Phi) is 5.98. The lowest BCUT2D eigenvalue weighted by Crippen LogP contribution is -2.47. The van der Waals surface area contributed by atoms with Gasteiger partial charge in [-0.05, 0) is 42.3 Å². The van der Waals surface area contributed by atoms with Crippen molar-refractivity contribution in [2.24, 2.45) is 5.92 Å². The first-order valence-corrected chi connectivity index (χ1v) is 11.9. The number of methoxy groups -OCH3 is 1. The third-order valence-electron chi connectivity index (χ3n) is 7.23. The first-order chi connectivity index (χ1) is 18.5. The molecular weight excluding hydrogens is 506 g/mol. The summed E-state index contributed by atoms with van der Waals surface area (Å²) in [5.41, 5.74) is -1.28. The summed E-state index contributed by atoms with van der Waals surface area (Å²) >= 11 is 0. The number of carboxylic acid groups (broad SMARTS) is 1. The zero-order valence-electron chi connectivity index (χ0n) is 21.2. The molecule has 3 N–H and O–H groups in total. The second kappa shape index (κ2) is 9.09. The van der Waals surface area contributed by atoms with E-state index in [-0.39, 0.29) is 40.5 Å². The Morgan fingerprint density at radius 2 is 1.85 bits per heavy atom. The van der Waals surface area contributed by atoms with E-state index in [9.17, 15) is 34.2 Å². The van der Waals surface area contributed by atoms with Crippen molar-refractivity contribution < 1.29 is 43.7 Å². The molecule has 1 aliphatic heterocycles. The van der Waals surface area contributed by atoms with Gasteiger partial charge in [0.05, 0.1) is 18.2 Å². The topological polar surface area (TPSA) is 156 Å². The molecular formula is C29H23NO9. The molecule has 3 aromatic carbocycles. The van der Waals surface area contributed by atoms with Crippen molar-refractivity contribution in [1.82, 2.24) is 5.32 Å². The first kappa shape index (κ1) is 25.7. The fourth-order valence-corrected chi connectivity index (χ4v) is 5.28. The fraction of sp³-hybridized carbons (Fsp3) is 0.207. The molecule has 0 saturated carbocycles. The standard InChI is InChI=1S/C29H23NO9/c1-13(31)22-18(32)11-21-29(2,26(22)34)24-19(33)10-20(38-3)23(25(24)39-21)27(35)30-12-16-9-15(28(36)37)8-14-6-4-5-7-17(14)16/h4-11,22,33H,12H2,1-3H3,(H,30,35)(H,36,37)/t22?,29-/m1/s1. The molecule has 3 aromatic rings. The molecule has 39 heavy (non-hydrogen) atoms. The predicted molar refractivity (Wildman–Crippen MR) is 137 cm³/mol. The average molecular weight is 530 g/mol. The molecule has 0 saturated heterocycles. The summed E-state index contributed by atoms with van der Waals surface area (Å²) in [6, 6.07) is 11.3. The third kappa shape index (κ3) is 3.83. The summed E-state index contributed by atoms with van der Waals surface area (Å²) in [7, 11) is 1.28. The molecule has 1 unspecified atom stereocenters. The van der Waals surface area contributed by atoms with Crippen LogP contribution in [0.15, 0.2) is 54.3 Å². The van der Waals surface area contributed by atoms with Crippen LogP contribution < -0.4 is 14.8 Å². The molecule has 1 aliphatic carbocycles. The van der Waals surface area contributed by atoms with Crippen molar-refractivity contribution in [3.63, 3.8) is 0 Å². The van der Waals surface area contributed by atoms with Gasteiger partial charge in [0, 0.05) is 18.7 Å². The number of Topliss-reactive ketones (excluding diaryl/α,β-unsaturated/α-hetero) is 2. The number of phenols is 1. The molecule has 0 bridgehead atoms. The van der Waals surface area contributed by atoms with Gasteiger partial charge in [-0.15, -0.1) is 0 Å². The summed E-state index contributed by atoms with van der Waals surface area (Å²) in [5.74, 6) is -6.26. The number of carbonyl (C=O) groups is 5. The number of carboxylic acids is 1. The Balaban J connectivity index is 1.58. The van der Waals surface area contributed by atoms with Gasteiger partial charge in [-0.3, -0.25) is 19.2 Å². The maximum Gasteiger partial charge on any atom is 0.335 e. The minimum Gasteiger partial charge on any atom is -0.507 e. The minimum absolute atomic E-state index is 0.0523. The molecule has 0 spiro atoms. The van der Waals surface area contributed by atoms with Gasteiger partial charge in [0.15, 0.2) is 17.3 Å².